The van der Waals surface area contributed by atoms with Gasteiger partial charge in [-0.3, -0.25) is 14.4 Å². The minimum Gasteiger partial charge on any atom is -0.497 e. The summed E-state index contributed by atoms with van der Waals surface area (Å²) in [6.07, 6.45) is 1.80. The zero-order chi connectivity index (χ0) is 16.2. The Morgan fingerprint density at radius 1 is 1.05 bits per heavy atom. The maximum Gasteiger partial charge on any atom is 0.309 e. The molecule has 3 N–H and O–H groups in total. The van der Waals surface area contributed by atoms with Gasteiger partial charge in [-0.1, -0.05) is 12.1 Å². The number of amides is 3. The zero-order valence-corrected chi connectivity index (χ0v) is 12.6. The summed E-state index contributed by atoms with van der Waals surface area (Å²) in [6, 6.07) is 7.50. The molecule has 1 aromatic carbocycles. The van der Waals surface area contributed by atoms with Crippen LogP contribution in [0.2, 0.25) is 0 Å². The quantitative estimate of drug-likeness (QED) is 0.329. The molecule has 0 saturated carbocycles. The second kappa shape index (κ2) is 10.2. The largest absolute Gasteiger partial charge is 0.497 e. The number of methoxy groups -OCH3 is 1. The normalized spacial score (nSPS) is 9.68. The highest BCUT2D eigenvalue weighted by Gasteiger charge is 2.11. The van der Waals surface area contributed by atoms with Gasteiger partial charge in [-0.25, -0.2) is 0 Å². The number of carbonyl (C=O) groups excluding carboxylic acids is 3. The lowest BCUT2D eigenvalue weighted by molar-refractivity contribution is -0.139. The van der Waals surface area contributed by atoms with Gasteiger partial charge >= 0.3 is 11.8 Å². The smallest absolute Gasteiger partial charge is 0.309 e. The number of rotatable bonds is 9. The Labute approximate surface area is 129 Å². The van der Waals surface area contributed by atoms with E-state index in [0.717, 1.165) is 11.3 Å². The van der Waals surface area contributed by atoms with E-state index < -0.39 is 11.8 Å². The summed E-state index contributed by atoms with van der Waals surface area (Å²) >= 11 is 0. The minimum atomic E-state index is -0.666. The Balaban J connectivity index is 2.18. The third kappa shape index (κ3) is 6.74. The number of hydrogen-bond acceptors (Lipinski definition) is 4. The lowest BCUT2D eigenvalue weighted by Gasteiger charge is -2.07. The van der Waals surface area contributed by atoms with Gasteiger partial charge in [0.05, 0.1) is 7.11 Å². The molecule has 0 unspecified atom stereocenters. The first-order valence-corrected chi connectivity index (χ1v) is 7.03. The van der Waals surface area contributed by atoms with Crippen molar-refractivity contribution in [3.05, 3.63) is 29.8 Å². The van der Waals surface area contributed by atoms with Crippen molar-refractivity contribution in [3.8, 4) is 5.75 Å². The van der Waals surface area contributed by atoms with E-state index in [1.807, 2.05) is 24.3 Å². The molecule has 7 nitrogen and oxygen atoms in total. The van der Waals surface area contributed by atoms with Crippen LogP contribution in [0.1, 0.15) is 12.0 Å². The number of hydrogen-bond donors (Lipinski definition) is 3. The molecule has 0 saturated heterocycles. The highest BCUT2D eigenvalue weighted by molar-refractivity contribution is 6.35. The molecular formula is C15H21N3O4. The van der Waals surface area contributed by atoms with Crippen LogP contribution in [0.3, 0.4) is 0 Å². The number of nitrogens with one attached hydrogen (secondary N) is 3. The van der Waals surface area contributed by atoms with Crippen molar-refractivity contribution in [2.75, 3.05) is 26.7 Å². The molecule has 0 spiro atoms. The Kier molecular flexibility index (Phi) is 8.10. The molecule has 0 aliphatic heterocycles. The van der Waals surface area contributed by atoms with Crippen molar-refractivity contribution in [2.24, 2.45) is 0 Å². The summed E-state index contributed by atoms with van der Waals surface area (Å²) in [5.74, 6) is -0.547. The summed E-state index contributed by atoms with van der Waals surface area (Å²) in [5.41, 5.74) is 1.04. The molecular weight excluding hydrogens is 286 g/mol. The van der Waals surface area contributed by atoms with Gasteiger partial charge < -0.3 is 20.7 Å². The molecule has 120 valence electrons. The van der Waals surface area contributed by atoms with Gasteiger partial charge in [-0.2, -0.15) is 0 Å². The van der Waals surface area contributed by atoms with E-state index in [1.165, 1.54) is 0 Å². The Hall–Kier alpha value is -2.57. The fourth-order valence-corrected chi connectivity index (χ4v) is 1.72. The fourth-order valence-electron chi connectivity index (χ4n) is 1.72. The van der Waals surface area contributed by atoms with Crippen LogP contribution >= 0.6 is 0 Å². The van der Waals surface area contributed by atoms with Crippen molar-refractivity contribution in [3.63, 3.8) is 0 Å². The third-order valence-corrected chi connectivity index (χ3v) is 2.93. The van der Waals surface area contributed by atoms with E-state index in [2.05, 4.69) is 16.0 Å². The molecule has 0 heterocycles. The molecule has 22 heavy (non-hydrogen) atoms. The van der Waals surface area contributed by atoms with Gasteiger partial charge in [-0.15, -0.1) is 0 Å². The SMILES string of the molecule is COc1ccc(CCNC(=O)C(=O)NCCCNC=O)cc1. The van der Waals surface area contributed by atoms with Gasteiger partial charge in [0.2, 0.25) is 6.41 Å². The van der Waals surface area contributed by atoms with Crippen LogP contribution in [0, 0.1) is 0 Å². The van der Waals surface area contributed by atoms with E-state index in [9.17, 15) is 14.4 Å². The van der Waals surface area contributed by atoms with Crippen molar-refractivity contribution in [2.45, 2.75) is 12.8 Å². The second-order valence-corrected chi connectivity index (χ2v) is 4.54. The Morgan fingerprint density at radius 2 is 1.68 bits per heavy atom. The lowest BCUT2D eigenvalue weighted by Crippen LogP contribution is -2.41. The number of carbonyl (C=O) groups is 3. The first-order valence-electron chi connectivity index (χ1n) is 7.03. The molecule has 0 bridgehead atoms. The van der Waals surface area contributed by atoms with Crippen LogP contribution in [0.4, 0.5) is 0 Å². The maximum absolute atomic E-state index is 11.5. The summed E-state index contributed by atoms with van der Waals surface area (Å²) in [7, 11) is 1.60. The molecule has 3 amide bonds. The first-order chi connectivity index (χ1) is 10.7. The van der Waals surface area contributed by atoms with Crippen molar-refractivity contribution >= 4 is 18.2 Å². The predicted octanol–water partition coefficient (Wildman–Crippen LogP) is -0.394. The monoisotopic (exact) mass is 307 g/mol. The minimum absolute atomic E-state index is 0.339. The number of benzene rings is 1. The Morgan fingerprint density at radius 3 is 2.27 bits per heavy atom. The average molecular weight is 307 g/mol. The van der Waals surface area contributed by atoms with Gasteiger partial charge in [0, 0.05) is 19.6 Å². The summed E-state index contributed by atoms with van der Waals surface area (Å²) < 4.78 is 5.06. The summed E-state index contributed by atoms with van der Waals surface area (Å²) in [4.78, 5) is 33.0. The molecule has 0 radical (unpaired) electrons. The Bertz CT molecular complexity index is 488. The molecule has 0 aliphatic carbocycles. The molecule has 0 fully saturated rings. The lowest BCUT2D eigenvalue weighted by atomic mass is 10.1. The van der Waals surface area contributed by atoms with E-state index in [4.69, 9.17) is 4.74 Å². The average Bonchev–Trinajstić information content (AvgIpc) is 2.55. The molecule has 1 rings (SSSR count). The number of ether oxygens (including phenoxy) is 1. The maximum atomic E-state index is 11.5. The van der Waals surface area contributed by atoms with Crippen LogP contribution in [0.15, 0.2) is 24.3 Å². The predicted molar refractivity (Wildman–Crippen MR) is 81.4 cm³/mol. The first kappa shape index (κ1) is 17.5. The van der Waals surface area contributed by atoms with Crippen molar-refractivity contribution in [1.29, 1.82) is 0 Å². The molecule has 7 heteroatoms. The van der Waals surface area contributed by atoms with E-state index in [1.54, 1.807) is 7.11 Å². The molecule has 0 aromatic heterocycles. The highest BCUT2D eigenvalue weighted by Crippen LogP contribution is 2.11. The van der Waals surface area contributed by atoms with Crippen LogP contribution in [0.5, 0.6) is 5.75 Å². The van der Waals surface area contributed by atoms with Gasteiger partial charge in [0.1, 0.15) is 5.75 Å². The standard InChI is InChI=1S/C15H21N3O4/c1-22-13-5-3-12(4-6-13)7-10-18-15(21)14(20)17-9-2-8-16-11-19/h3-6,11H,2,7-10H2,1H3,(H,16,19)(H,17,20)(H,18,21). The fraction of sp³-hybridized carbons (Fsp3) is 0.400. The summed E-state index contributed by atoms with van der Waals surface area (Å²) in [5, 5.41) is 7.51. The van der Waals surface area contributed by atoms with Gasteiger partial charge in [-0.05, 0) is 30.5 Å². The van der Waals surface area contributed by atoms with E-state index in [0.29, 0.717) is 38.9 Å². The van der Waals surface area contributed by atoms with Crippen LogP contribution in [-0.4, -0.2) is 45.0 Å². The third-order valence-electron chi connectivity index (χ3n) is 2.93. The second-order valence-electron chi connectivity index (χ2n) is 4.54. The van der Waals surface area contributed by atoms with Crippen LogP contribution in [0.25, 0.3) is 0 Å². The topological polar surface area (TPSA) is 96.5 Å². The van der Waals surface area contributed by atoms with E-state index in [-0.39, 0.29) is 0 Å². The zero-order valence-electron chi connectivity index (χ0n) is 12.6. The summed E-state index contributed by atoms with van der Waals surface area (Å²) in [6.45, 7) is 1.18. The molecule has 0 aliphatic rings. The van der Waals surface area contributed by atoms with Crippen molar-refractivity contribution < 1.29 is 19.1 Å². The van der Waals surface area contributed by atoms with E-state index >= 15 is 0 Å². The van der Waals surface area contributed by atoms with Crippen LogP contribution < -0.4 is 20.7 Å². The highest BCUT2D eigenvalue weighted by atomic mass is 16.5. The van der Waals surface area contributed by atoms with Gasteiger partial charge in [0.15, 0.2) is 0 Å². The van der Waals surface area contributed by atoms with Gasteiger partial charge in [0.25, 0.3) is 0 Å². The van der Waals surface area contributed by atoms with Crippen molar-refractivity contribution in [1.82, 2.24) is 16.0 Å². The molecule has 1 aromatic rings. The van der Waals surface area contributed by atoms with Crippen LogP contribution in [-0.2, 0) is 20.8 Å². The molecule has 0 atom stereocenters.